The van der Waals surface area contributed by atoms with E-state index in [-0.39, 0.29) is 36.0 Å². The molecule has 11 nitrogen and oxygen atoms in total. The van der Waals surface area contributed by atoms with Crippen LogP contribution >= 0.6 is 0 Å². The predicted molar refractivity (Wildman–Crippen MR) is 176 cm³/mol. The second kappa shape index (κ2) is 16.1. The lowest BCUT2D eigenvalue weighted by molar-refractivity contribution is -0.134. The number of nitrogens with one attached hydrogen (secondary N) is 5. The van der Waals surface area contributed by atoms with E-state index in [0.717, 1.165) is 56.9 Å². The minimum Gasteiger partial charge on any atom is -0.384 e. The van der Waals surface area contributed by atoms with Gasteiger partial charge >= 0.3 is 0 Å². The summed E-state index contributed by atoms with van der Waals surface area (Å²) in [6.45, 7) is 0.371. The van der Waals surface area contributed by atoms with Crippen LogP contribution in [0.2, 0.25) is 0 Å². The molecule has 0 heterocycles. The lowest BCUT2D eigenvalue weighted by atomic mass is 9.73. The molecule has 0 saturated heterocycles. The zero-order chi connectivity index (χ0) is 32.3. The van der Waals surface area contributed by atoms with Crippen molar-refractivity contribution in [2.45, 2.75) is 88.6 Å². The van der Waals surface area contributed by atoms with Gasteiger partial charge in [0, 0.05) is 18.0 Å². The average molecular weight is 617 g/mol. The lowest BCUT2D eigenvalue weighted by Crippen LogP contribution is -2.57. The fraction of sp³-hybridized carbons (Fsp3) is 0.500. The zero-order valence-electron chi connectivity index (χ0n) is 25.9. The number of nitrogen functional groups attached to an aromatic ring is 1. The van der Waals surface area contributed by atoms with Gasteiger partial charge in [0.2, 0.25) is 17.7 Å². The van der Waals surface area contributed by atoms with E-state index < -0.39 is 29.8 Å². The molecule has 242 valence electrons. The van der Waals surface area contributed by atoms with E-state index in [1.54, 1.807) is 12.1 Å². The summed E-state index contributed by atoms with van der Waals surface area (Å²) in [5.74, 6) is -1.91. The number of carbonyl (C=O) groups is 3. The number of rotatable bonds is 14. The number of benzene rings is 2. The summed E-state index contributed by atoms with van der Waals surface area (Å²) in [5.41, 5.74) is 20.7. The minimum atomic E-state index is -0.907. The molecule has 2 aromatic rings. The SMILES string of the molecule is N=C(N)NCCC[C@H](NC(=O)[C@@H](NC(=O)[C@@H](Cc1ccc(C(=N)N)cc1)C1CCCc2ccccc21)C1CCCCC1)C(N)=O. The molecule has 0 aromatic heterocycles. The molecule has 0 bridgehead atoms. The molecule has 4 atom stereocenters. The van der Waals surface area contributed by atoms with E-state index in [1.165, 1.54) is 11.1 Å². The van der Waals surface area contributed by atoms with Crippen molar-refractivity contribution in [2.75, 3.05) is 6.54 Å². The Hall–Kier alpha value is -4.41. The molecular weight excluding hydrogens is 568 g/mol. The first kappa shape index (κ1) is 33.5. The number of nitrogens with two attached hydrogens (primary N) is 3. The van der Waals surface area contributed by atoms with Crippen molar-refractivity contribution in [3.05, 3.63) is 70.8 Å². The molecule has 1 fully saturated rings. The summed E-state index contributed by atoms with van der Waals surface area (Å²) in [6.07, 6.45) is 8.68. The highest BCUT2D eigenvalue weighted by Gasteiger charge is 2.38. The van der Waals surface area contributed by atoms with Crippen LogP contribution < -0.4 is 33.2 Å². The quantitative estimate of drug-likeness (QED) is 0.0906. The number of carbonyl (C=O) groups excluding carboxylic acids is 3. The molecule has 3 amide bonds. The molecule has 1 unspecified atom stereocenters. The van der Waals surface area contributed by atoms with E-state index in [1.807, 2.05) is 24.3 Å². The van der Waals surface area contributed by atoms with E-state index in [4.69, 9.17) is 28.0 Å². The van der Waals surface area contributed by atoms with Crippen molar-refractivity contribution >= 4 is 29.5 Å². The van der Waals surface area contributed by atoms with Gasteiger partial charge in [-0.25, -0.2) is 0 Å². The number of hydrogen-bond acceptors (Lipinski definition) is 5. The van der Waals surface area contributed by atoms with Crippen molar-refractivity contribution < 1.29 is 14.4 Å². The van der Waals surface area contributed by atoms with E-state index in [2.05, 4.69) is 28.1 Å². The monoisotopic (exact) mass is 616 g/mol. The van der Waals surface area contributed by atoms with Gasteiger partial charge in [-0.05, 0) is 79.9 Å². The molecule has 4 rings (SSSR count). The normalized spacial score (nSPS) is 18.4. The maximum absolute atomic E-state index is 14.4. The fourth-order valence-electron chi connectivity index (χ4n) is 6.90. The van der Waals surface area contributed by atoms with E-state index in [0.29, 0.717) is 24.9 Å². The molecule has 2 aliphatic rings. The molecule has 11 N–H and O–H groups in total. The van der Waals surface area contributed by atoms with E-state index in [9.17, 15) is 14.4 Å². The van der Waals surface area contributed by atoms with Crippen LogP contribution in [0.5, 0.6) is 0 Å². The maximum atomic E-state index is 14.4. The van der Waals surface area contributed by atoms with Gasteiger partial charge in [-0.15, -0.1) is 0 Å². The van der Waals surface area contributed by atoms with Gasteiger partial charge in [0.1, 0.15) is 17.9 Å². The Balaban J connectivity index is 1.59. The number of aryl methyl sites for hydroxylation is 1. The van der Waals surface area contributed by atoms with Crippen LogP contribution in [0.4, 0.5) is 0 Å². The van der Waals surface area contributed by atoms with Crippen molar-refractivity contribution in [3.8, 4) is 0 Å². The van der Waals surface area contributed by atoms with Crippen LogP contribution in [0.3, 0.4) is 0 Å². The summed E-state index contributed by atoms with van der Waals surface area (Å²) in [6, 6.07) is 14.0. The molecule has 45 heavy (non-hydrogen) atoms. The van der Waals surface area contributed by atoms with Crippen molar-refractivity contribution in [1.29, 1.82) is 10.8 Å². The van der Waals surface area contributed by atoms with Gasteiger partial charge in [0.15, 0.2) is 5.96 Å². The summed E-state index contributed by atoms with van der Waals surface area (Å²) in [7, 11) is 0. The standard InChI is InChI=1S/C34H48N8O3/c35-30(36)24-17-15-21(16-18-24)20-27(26-13-6-11-22-8-4-5-12-25(22)26)32(44)42-29(23-9-2-1-3-10-23)33(45)41-28(31(37)43)14-7-19-40-34(38)39/h4-5,8,12,15-18,23,26-29H,1-3,6-7,9-11,13-14,19-20H2,(H3,35,36)(H2,37,43)(H,41,45)(H,42,44)(H4,38,39,40)/t26?,27-,28-,29-/m0/s1. The van der Waals surface area contributed by atoms with Gasteiger partial charge in [0.05, 0.1) is 0 Å². The third-order valence-electron chi connectivity index (χ3n) is 9.31. The van der Waals surface area contributed by atoms with Gasteiger partial charge in [-0.1, -0.05) is 67.8 Å². The van der Waals surface area contributed by atoms with Crippen LogP contribution in [0, 0.1) is 22.7 Å². The second-order valence-corrected chi connectivity index (χ2v) is 12.4. The molecule has 0 radical (unpaired) electrons. The molecular formula is C34H48N8O3. The van der Waals surface area contributed by atoms with Gasteiger partial charge in [-0.2, -0.15) is 0 Å². The van der Waals surface area contributed by atoms with Crippen molar-refractivity contribution in [1.82, 2.24) is 16.0 Å². The van der Waals surface area contributed by atoms with Crippen molar-refractivity contribution in [2.24, 2.45) is 29.0 Å². The molecule has 11 heteroatoms. The smallest absolute Gasteiger partial charge is 0.243 e. The number of guanidine groups is 1. The van der Waals surface area contributed by atoms with Crippen LogP contribution in [0.25, 0.3) is 0 Å². The first-order chi connectivity index (χ1) is 21.6. The largest absolute Gasteiger partial charge is 0.384 e. The van der Waals surface area contributed by atoms with Gasteiger partial charge in [0.25, 0.3) is 0 Å². The molecule has 1 saturated carbocycles. The molecule has 0 aliphatic heterocycles. The molecule has 0 spiro atoms. The van der Waals surface area contributed by atoms with Crippen LogP contribution in [-0.2, 0) is 27.2 Å². The Bertz CT molecular complexity index is 1360. The number of amidine groups is 1. The Morgan fingerprint density at radius 1 is 0.844 bits per heavy atom. The fourth-order valence-corrected chi connectivity index (χ4v) is 6.90. The van der Waals surface area contributed by atoms with Crippen LogP contribution in [0.15, 0.2) is 48.5 Å². The summed E-state index contributed by atoms with van der Waals surface area (Å²) < 4.78 is 0. The molecule has 2 aromatic carbocycles. The third-order valence-corrected chi connectivity index (χ3v) is 9.31. The first-order valence-electron chi connectivity index (χ1n) is 16.1. The maximum Gasteiger partial charge on any atom is 0.243 e. The summed E-state index contributed by atoms with van der Waals surface area (Å²) in [5, 5.41) is 23.8. The Kier molecular flexibility index (Phi) is 11.9. The first-order valence-corrected chi connectivity index (χ1v) is 16.1. The lowest BCUT2D eigenvalue weighted by Gasteiger charge is -2.35. The Morgan fingerprint density at radius 2 is 1.56 bits per heavy atom. The minimum absolute atomic E-state index is 0.0113. The highest BCUT2D eigenvalue weighted by molar-refractivity contribution is 5.95. The Labute approximate surface area is 265 Å². The highest BCUT2D eigenvalue weighted by atomic mass is 16.2. The topological polar surface area (TPSA) is 213 Å². The van der Waals surface area contributed by atoms with Crippen LogP contribution in [0.1, 0.15) is 86.0 Å². The third kappa shape index (κ3) is 9.29. The number of primary amides is 1. The van der Waals surface area contributed by atoms with Crippen LogP contribution in [-0.4, -0.2) is 48.1 Å². The zero-order valence-corrected chi connectivity index (χ0v) is 25.9. The van der Waals surface area contributed by atoms with Crippen molar-refractivity contribution in [3.63, 3.8) is 0 Å². The summed E-state index contributed by atoms with van der Waals surface area (Å²) >= 11 is 0. The van der Waals surface area contributed by atoms with E-state index >= 15 is 0 Å². The van der Waals surface area contributed by atoms with Gasteiger partial charge in [-0.3, -0.25) is 25.2 Å². The Morgan fingerprint density at radius 3 is 2.22 bits per heavy atom. The highest BCUT2D eigenvalue weighted by Crippen LogP contribution is 2.39. The number of fused-ring (bicyclic) bond motifs is 1. The molecule has 2 aliphatic carbocycles. The average Bonchev–Trinajstić information content (AvgIpc) is 3.03. The number of hydrogen-bond donors (Lipinski definition) is 8. The van der Waals surface area contributed by atoms with Gasteiger partial charge < -0.3 is 33.2 Å². The summed E-state index contributed by atoms with van der Waals surface area (Å²) in [4.78, 5) is 40.6. The number of amides is 3. The predicted octanol–water partition coefficient (Wildman–Crippen LogP) is 2.55. The second-order valence-electron chi connectivity index (χ2n) is 12.4.